The molecule has 1 aromatic carbocycles. The Labute approximate surface area is 140 Å². The summed E-state index contributed by atoms with van der Waals surface area (Å²) in [4.78, 5) is 8.37. The molecule has 0 fully saturated rings. The molecule has 6 heteroatoms. The second-order valence-corrected chi connectivity index (χ2v) is 6.74. The van der Waals surface area contributed by atoms with E-state index in [0.29, 0.717) is 11.4 Å². The van der Waals surface area contributed by atoms with Gasteiger partial charge in [0.25, 0.3) is 0 Å². The number of phenols is 1. The Morgan fingerprint density at radius 2 is 2.06 bits per heavy atom. The van der Waals surface area contributed by atoms with Crippen LogP contribution in [-0.4, -0.2) is 16.3 Å². The molecule has 0 aliphatic rings. The average molecular weight is 529 g/mol. The third-order valence-corrected chi connectivity index (χ3v) is 4.02. The highest BCUT2D eigenvalue weighted by molar-refractivity contribution is 14.1. The van der Waals surface area contributed by atoms with Gasteiger partial charge in [0.1, 0.15) is 5.75 Å². The zero-order chi connectivity index (χ0) is 13.1. The van der Waals surface area contributed by atoms with Gasteiger partial charge >= 0.3 is 0 Å². The minimum atomic E-state index is 0.247. The molecule has 1 heterocycles. The third kappa shape index (κ3) is 3.64. The summed E-state index contributed by atoms with van der Waals surface area (Å²) in [6.07, 6.45) is 3.31. The molecule has 0 amide bonds. The minimum absolute atomic E-state index is 0.247. The molecule has 0 saturated carbocycles. The van der Waals surface area contributed by atoms with Gasteiger partial charge in [0.15, 0.2) is 5.82 Å². The van der Waals surface area contributed by atoms with Crippen molar-refractivity contribution in [1.29, 1.82) is 0 Å². The highest BCUT2D eigenvalue weighted by atomic mass is 127. The summed E-state index contributed by atoms with van der Waals surface area (Å²) in [6, 6.07) is 7.46. The zero-order valence-electron chi connectivity index (χ0n) is 8.94. The third-order valence-electron chi connectivity index (χ3n) is 2.11. The average Bonchev–Trinajstić information content (AvgIpc) is 2.34. The van der Waals surface area contributed by atoms with Crippen LogP contribution in [-0.2, 0) is 0 Å². The number of aliphatic imine (C=N–C) groups is 1. The van der Waals surface area contributed by atoms with E-state index in [9.17, 15) is 5.11 Å². The Morgan fingerprint density at radius 3 is 2.72 bits per heavy atom. The lowest BCUT2D eigenvalue weighted by Crippen LogP contribution is -1.88. The van der Waals surface area contributed by atoms with E-state index < -0.39 is 0 Å². The first-order chi connectivity index (χ1) is 8.56. The van der Waals surface area contributed by atoms with E-state index in [-0.39, 0.29) is 5.75 Å². The van der Waals surface area contributed by atoms with Crippen molar-refractivity contribution in [1.82, 2.24) is 4.98 Å². The second kappa shape index (κ2) is 6.29. The number of aromatic hydroxyl groups is 1. The van der Waals surface area contributed by atoms with Gasteiger partial charge in [0.2, 0.25) is 0 Å². The van der Waals surface area contributed by atoms with E-state index in [0.717, 1.165) is 11.6 Å². The molecule has 0 aliphatic heterocycles. The molecular weight excluding hydrogens is 522 g/mol. The van der Waals surface area contributed by atoms with Gasteiger partial charge in [0, 0.05) is 26.0 Å². The Hall–Kier alpha value is -0.220. The SMILES string of the molecule is Oc1c(I)cc(I)cc1C=Nc1ccc(Br)cn1. The number of halogens is 3. The van der Waals surface area contributed by atoms with Gasteiger partial charge in [-0.15, -0.1) is 0 Å². The van der Waals surface area contributed by atoms with Gasteiger partial charge in [-0.2, -0.15) is 0 Å². The molecular formula is C12H7BrI2N2O. The monoisotopic (exact) mass is 528 g/mol. The standard InChI is InChI=1S/C12H7BrI2N2O/c13-8-1-2-11(17-6-8)16-5-7-3-9(14)4-10(15)12(7)18/h1-6,18H. The Kier molecular flexibility index (Phi) is 4.96. The summed E-state index contributed by atoms with van der Waals surface area (Å²) in [5.41, 5.74) is 0.691. The molecule has 2 rings (SSSR count). The van der Waals surface area contributed by atoms with E-state index in [1.54, 1.807) is 18.5 Å². The topological polar surface area (TPSA) is 45.5 Å². The summed E-state index contributed by atoms with van der Waals surface area (Å²) in [6.45, 7) is 0. The van der Waals surface area contributed by atoms with E-state index in [4.69, 9.17) is 0 Å². The summed E-state index contributed by atoms with van der Waals surface area (Å²) in [5.74, 6) is 0.850. The second-order valence-electron chi connectivity index (χ2n) is 3.42. The molecule has 0 saturated heterocycles. The number of benzene rings is 1. The van der Waals surface area contributed by atoms with Gasteiger partial charge in [-0.3, -0.25) is 0 Å². The van der Waals surface area contributed by atoms with Crippen molar-refractivity contribution in [3.8, 4) is 5.75 Å². The van der Waals surface area contributed by atoms with Crippen molar-refractivity contribution in [3.05, 3.63) is 47.6 Å². The number of rotatable bonds is 2. The minimum Gasteiger partial charge on any atom is -0.506 e. The first-order valence-corrected chi connectivity index (χ1v) is 7.85. The number of pyridine rings is 1. The van der Waals surface area contributed by atoms with Crippen LogP contribution in [0.3, 0.4) is 0 Å². The van der Waals surface area contributed by atoms with Gasteiger partial charge in [-0.1, -0.05) is 0 Å². The van der Waals surface area contributed by atoms with Crippen molar-refractivity contribution < 1.29 is 5.11 Å². The Balaban J connectivity index is 2.31. The van der Waals surface area contributed by atoms with Crippen molar-refractivity contribution in [3.63, 3.8) is 0 Å². The fraction of sp³-hybridized carbons (Fsp3) is 0. The largest absolute Gasteiger partial charge is 0.506 e. The molecule has 1 N–H and O–H groups in total. The first kappa shape index (κ1) is 14.2. The molecule has 92 valence electrons. The lowest BCUT2D eigenvalue weighted by Gasteiger charge is -2.02. The summed E-state index contributed by atoms with van der Waals surface area (Å²) < 4.78 is 2.78. The van der Waals surface area contributed by atoms with Crippen molar-refractivity contribution in [2.45, 2.75) is 0 Å². The van der Waals surface area contributed by atoms with Crippen LogP contribution in [0.2, 0.25) is 0 Å². The molecule has 1 aromatic heterocycles. The molecule has 0 radical (unpaired) electrons. The van der Waals surface area contributed by atoms with Gasteiger partial charge in [-0.05, 0) is 85.4 Å². The maximum Gasteiger partial charge on any atom is 0.151 e. The Bertz CT molecular complexity index is 600. The number of nitrogens with zero attached hydrogens (tertiary/aromatic N) is 2. The molecule has 0 unspecified atom stereocenters. The number of aromatic nitrogens is 1. The normalized spacial score (nSPS) is 11.1. The van der Waals surface area contributed by atoms with Crippen molar-refractivity contribution in [2.24, 2.45) is 4.99 Å². The lowest BCUT2D eigenvalue weighted by atomic mass is 10.2. The fourth-order valence-corrected chi connectivity index (χ4v) is 3.39. The van der Waals surface area contributed by atoms with Crippen LogP contribution in [0.15, 0.2) is 39.9 Å². The van der Waals surface area contributed by atoms with Crippen molar-refractivity contribution in [2.75, 3.05) is 0 Å². The van der Waals surface area contributed by atoms with Crippen LogP contribution in [0.4, 0.5) is 5.82 Å². The van der Waals surface area contributed by atoms with Crippen molar-refractivity contribution >= 4 is 73.1 Å². The van der Waals surface area contributed by atoms with E-state index in [1.807, 2.05) is 18.2 Å². The summed E-state index contributed by atoms with van der Waals surface area (Å²) in [5, 5.41) is 9.91. The maximum atomic E-state index is 9.91. The van der Waals surface area contributed by atoms with Crippen LogP contribution in [0.5, 0.6) is 5.75 Å². The van der Waals surface area contributed by atoms with Crippen LogP contribution in [0.25, 0.3) is 0 Å². The molecule has 0 aliphatic carbocycles. The lowest BCUT2D eigenvalue weighted by molar-refractivity contribution is 0.470. The first-order valence-electron chi connectivity index (χ1n) is 4.90. The quantitative estimate of drug-likeness (QED) is 0.461. The van der Waals surface area contributed by atoms with E-state index >= 15 is 0 Å². The summed E-state index contributed by atoms with van der Waals surface area (Å²) >= 11 is 7.62. The highest BCUT2D eigenvalue weighted by Crippen LogP contribution is 2.26. The predicted molar refractivity (Wildman–Crippen MR) is 92.7 cm³/mol. The van der Waals surface area contributed by atoms with Crippen LogP contribution >= 0.6 is 61.1 Å². The van der Waals surface area contributed by atoms with Crippen LogP contribution in [0.1, 0.15) is 5.56 Å². The smallest absolute Gasteiger partial charge is 0.151 e. The Morgan fingerprint density at radius 1 is 1.28 bits per heavy atom. The molecule has 0 atom stereocenters. The highest BCUT2D eigenvalue weighted by Gasteiger charge is 2.05. The molecule has 0 spiro atoms. The van der Waals surface area contributed by atoms with Gasteiger partial charge < -0.3 is 5.11 Å². The molecule has 18 heavy (non-hydrogen) atoms. The predicted octanol–water partition coefficient (Wildman–Crippen LogP) is 4.51. The van der Waals surface area contributed by atoms with E-state index in [1.165, 1.54) is 0 Å². The maximum absolute atomic E-state index is 9.91. The zero-order valence-corrected chi connectivity index (χ0v) is 14.8. The summed E-state index contributed by atoms with van der Waals surface area (Å²) in [7, 11) is 0. The van der Waals surface area contributed by atoms with Crippen LogP contribution < -0.4 is 0 Å². The van der Waals surface area contributed by atoms with Crippen LogP contribution in [0, 0.1) is 7.14 Å². The number of hydrogen-bond donors (Lipinski definition) is 1. The molecule has 2 aromatic rings. The van der Waals surface area contributed by atoms with Gasteiger partial charge in [-0.25, -0.2) is 9.98 Å². The number of hydrogen-bond acceptors (Lipinski definition) is 3. The van der Waals surface area contributed by atoms with Gasteiger partial charge in [0.05, 0.1) is 3.57 Å². The number of phenolic OH excluding ortho intramolecular Hbond substituents is 1. The fourth-order valence-electron chi connectivity index (χ4n) is 1.26. The van der Waals surface area contributed by atoms with E-state index in [2.05, 4.69) is 71.1 Å². The molecule has 3 nitrogen and oxygen atoms in total. The molecule has 0 bridgehead atoms.